The molecule has 0 radical (unpaired) electrons. The number of nitrogens with zero attached hydrogens (tertiary/aromatic N) is 2. The van der Waals surface area contributed by atoms with Crippen LogP contribution in [-0.2, 0) is 23.0 Å². The summed E-state index contributed by atoms with van der Waals surface area (Å²) in [6.07, 6.45) is 3.14. The highest BCUT2D eigenvalue weighted by molar-refractivity contribution is 7.89. The van der Waals surface area contributed by atoms with Crippen LogP contribution < -0.4 is 10.0 Å². The number of rotatable bonds is 5. The minimum atomic E-state index is -3.66. The first-order valence-electron chi connectivity index (χ1n) is 8.97. The van der Waals surface area contributed by atoms with Crippen LogP contribution in [0.2, 0.25) is 0 Å². The molecule has 7 nitrogen and oxygen atoms in total. The number of sulfonamides is 1. The topological polar surface area (TPSA) is 93.1 Å². The van der Waals surface area contributed by atoms with Gasteiger partial charge in [-0.2, -0.15) is 5.10 Å². The molecule has 0 aliphatic carbocycles. The fourth-order valence-electron chi connectivity index (χ4n) is 3.31. The van der Waals surface area contributed by atoms with Crippen molar-refractivity contribution in [2.24, 2.45) is 0 Å². The van der Waals surface area contributed by atoms with Crippen LogP contribution in [0.4, 0.5) is 5.82 Å². The Morgan fingerprint density at radius 3 is 2.79 bits per heavy atom. The summed E-state index contributed by atoms with van der Waals surface area (Å²) < 4.78 is 28.6. The first kappa shape index (κ1) is 18.9. The molecule has 0 atom stereocenters. The molecule has 1 aromatic carbocycles. The number of aryl methyl sites for hydroxylation is 2. The quantitative estimate of drug-likeness (QED) is 0.668. The van der Waals surface area contributed by atoms with Gasteiger partial charge < -0.3 is 5.32 Å². The van der Waals surface area contributed by atoms with E-state index < -0.39 is 10.0 Å². The molecule has 9 heteroatoms. The van der Waals surface area contributed by atoms with Crippen molar-refractivity contribution in [2.75, 3.05) is 12.4 Å². The van der Waals surface area contributed by atoms with Crippen LogP contribution in [0.1, 0.15) is 28.9 Å². The van der Waals surface area contributed by atoms with Gasteiger partial charge in [-0.1, -0.05) is 12.1 Å². The van der Waals surface area contributed by atoms with Crippen molar-refractivity contribution in [3.05, 3.63) is 53.0 Å². The fourth-order valence-corrected chi connectivity index (χ4v) is 4.83. The van der Waals surface area contributed by atoms with E-state index >= 15 is 0 Å². The largest absolute Gasteiger partial charge is 0.305 e. The number of carbonyl (C=O) groups is 1. The highest BCUT2D eigenvalue weighted by Crippen LogP contribution is 2.30. The highest BCUT2D eigenvalue weighted by atomic mass is 32.2. The molecule has 0 saturated carbocycles. The Morgan fingerprint density at radius 2 is 2.07 bits per heavy atom. The molecule has 2 N–H and O–H groups in total. The number of hydrogen-bond donors (Lipinski definition) is 2. The third-order valence-electron chi connectivity index (χ3n) is 4.76. The van der Waals surface area contributed by atoms with E-state index in [1.54, 1.807) is 6.07 Å². The normalized spacial score (nSPS) is 13.9. The number of carbonyl (C=O) groups excluding carboxylic acids is 1. The van der Waals surface area contributed by atoms with E-state index in [4.69, 9.17) is 0 Å². The molecule has 0 saturated heterocycles. The third kappa shape index (κ3) is 3.60. The second-order valence-corrected chi connectivity index (χ2v) is 9.38. The molecule has 1 aliphatic rings. The van der Waals surface area contributed by atoms with Gasteiger partial charge in [-0.05, 0) is 49.9 Å². The Labute approximate surface area is 167 Å². The predicted octanol–water partition coefficient (Wildman–Crippen LogP) is 3.11. The molecular formula is C19H20N4O3S2. The maximum Gasteiger partial charge on any atom is 0.257 e. The Hall–Kier alpha value is -2.49. The Balaban J connectivity index is 1.72. The minimum absolute atomic E-state index is 0.0459. The van der Waals surface area contributed by atoms with Gasteiger partial charge in [-0.3, -0.25) is 9.48 Å². The maximum absolute atomic E-state index is 13.0. The molecule has 0 spiro atoms. The molecular weight excluding hydrogens is 396 g/mol. The summed E-state index contributed by atoms with van der Waals surface area (Å²) >= 11 is 1.49. The van der Waals surface area contributed by atoms with E-state index in [9.17, 15) is 13.2 Å². The van der Waals surface area contributed by atoms with Gasteiger partial charge in [-0.25, -0.2) is 13.1 Å². The second kappa shape index (κ2) is 7.50. The maximum atomic E-state index is 13.0. The summed E-state index contributed by atoms with van der Waals surface area (Å²) in [5.74, 6) is 0.105. The summed E-state index contributed by atoms with van der Waals surface area (Å²) in [5, 5.41) is 9.20. The molecule has 3 aromatic rings. The molecule has 0 fully saturated rings. The molecule has 4 rings (SSSR count). The summed E-state index contributed by atoms with van der Waals surface area (Å²) in [5.41, 5.74) is 2.09. The number of fused-ring (bicyclic) bond motifs is 1. The predicted molar refractivity (Wildman–Crippen MR) is 109 cm³/mol. The zero-order chi connectivity index (χ0) is 19.7. The Morgan fingerprint density at radius 1 is 1.21 bits per heavy atom. The van der Waals surface area contributed by atoms with Crippen LogP contribution in [0.5, 0.6) is 0 Å². The van der Waals surface area contributed by atoms with Crippen molar-refractivity contribution in [3.63, 3.8) is 0 Å². The summed E-state index contributed by atoms with van der Waals surface area (Å²) in [7, 11) is -2.32. The summed E-state index contributed by atoms with van der Waals surface area (Å²) in [6.45, 7) is 0.849. The van der Waals surface area contributed by atoms with Crippen molar-refractivity contribution in [2.45, 2.75) is 30.7 Å². The van der Waals surface area contributed by atoms with Gasteiger partial charge in [0.15, 0.2) is 5.82 Å². The third-order valence-corrected chi connectivity index (χ3v) is 7.07. The zero-order valence-electron chi connectivity index (χ0n) is 15.3. The number of benzene rings is 1. The average molecular weight is 417 g/mol. The van der Waals surface area contributed by atoms with Gasteiger partial charge in [0.25, 0.3) is 5.91 Å². The fraction of sp³-hybridized carbons (Fsp3) is 0.263. The van der Waals surface area contributed by atoms with Crippen molar-refractivity contribution in [1.29, 1.82) is 0 Å². The van der Waals surface area contributed by atoms with Crippen molar-refractivity contribution < 1.29 is 13.2 Å². The van der Waals surface area contributed by atoms with E-state index in [1.165, 1.54) is 30.5 Å². The molecule has 0 unspecified atom stereocenters. The van der Waals surface area contributed by atoms with Crippen LogP contribution in [0, 0.1) is 0 Å². The van der Waals surface area contributed by atoms with Crippen LogP contribution in [0.25, 0.3) is 10.4 Å². The van der Waals surface area contributed by atoms with E-state index in [0.29, 0.717) is 16.9 Å². The molecule has 0 bridgehead atoms. The molecule has 2 aromatic heterocycles. The van der Waals surface area contributed by atoms with Gasteiger partial charge in [-0.15, -0.1) is 11.3 Å². The second-order valence-electron chi connectivity index (χ2n) is 6.55. The van der Waals surface area contributed by atoms with Crippen LogP contribution in [0.3, 0.4) is 0 Å². The summed E-state index contributed by atoms with van der Waals surface area (Å²) in [6, 6.07) is 10.3. The van der Waals surface area contributed by atoms with Gasteiger partial charge in [0.2, 0.25) is 10.0 Å². The van der Waals surface area contributed by atoms with E-state index in [0.717, 1.165) is 36.4 Å². The van der Waals surface area contributed by atoms with Crippen LogP contribution in [0.15, 0.2) is 46.7 Å². The van der Waals surface area contributed by atoms with Crippen molar-refractivity contribution in [1.82, 2.24) is 14.5 Å². The molecule has 1 aliphatic heterocycles. The molecule has 3 heterocycles. The molecule has 28 heavy (non-hydrogen) atoms. The lowest BCUT2D eigenvalue weighted by Gasteiger charge is -2.11. The summed E-state index contributed by atoms with van der Waals surface area (Å²) in [4.78, 5) is 14.0. The number of hydrogen-bond acceptors (Lipinski definition) is 5. The van der Waals surface area contributed by atoms with Crippen molar-refractivity contribution >= 4 is 33.1 Å². The van der Waals surface area contributed by atoms with Gasteiger partial charge >= 0.3 is 0 Å². The Kier molecular flexibility index (Phi) is 5.05. The van der Waals surface area contributed by atoms with Crippen molar-refractivity contribution in [3.8, 4) is 10.4 Å². The number of anilines is 1. The zero-order valence-corrected chi connectivity index (χ0v) is 16.9. The SMILES string of the molecule is CNS(=O)(=O)c1ccc(-c2cccs2)c(C(=O)Nc2cc3n(n2)CCCC3)c1. The first-order valence-corrected chi connectivity index (χ1v) is 11.3. The highest BCUT2D eigenvalue weighted by Gasteiger charge is 2.21. The lowest BCUT2D eigenvalue weighted by Crippen LogP contribution is -2.20. The number of aromatic nitrogens is 2. The van der Waals surface area contributed by atoms with Crippen LogP contribution >= 0.6 is 11.3 Å². The first-order chi connectivity index (χ1) is 13.5. The lowest BCUT2D eigenvalue weighted by atomic mass is 10.1. The van der Waals surface area contributed by atoms with E-state index in [-0.39, 0.29) is 10.8 Å². The van der Waals surface area contributed by atoms with Gasteiger partial charge in [0.05, 0.1) is 4.90 Å². The van der Waals surface area contributed by atoms with E-state index in [2.05, 4.69) is 15.1 Å². The van der Waals surface area contributed by atoms with Gasteiger partial charge in [0.1, 0.15) is 0 Å². The van der Waals surface area contributed by atoms with Crippen LogP contribution in [-0.4, -0.2) is 31.2 Å². The number of thiophene rings is 1. The molecule has 146 valence electrons. The monoisotopic (exact) mass is 416 g/mol. The lowest BCUT2D eigenvalue weighted by molar-refractivity contribution is 0.102. The standard InChI is InChI=1S/C19H20N4O3S2/c1-20-28(25,26)14-7-8-15(17-6-4-10-27-17)16(12-14)19(24)21-18-11-13-5-2-3-9-23(13)22-18/h4,6-8,10-12,20H,2-3,5,9H2,1H3,(H,21,22,24). The van der Waals surface area contributed by atoms with Gasteiger partial charge in [0, 0.05) is 34.3 Å². The van der Waals surface area contributed by atoms with E-state index in [1.807, 2.05) is 28.3 Å². The number of amides is 1. The number of nitrogens with one attached hydrogen (secondary N) is 2. The molecule has 1 amide bonds. The Bertz CT molecular complexity index is 1090. The average Bonchev–Trinajstić information content (AvgIpc) is 3.36. The minimum Gasteiger partial charge on any atom is -0.305 e. The smallest absolute Gasteiger partial charge is 0.257 e.